The summed E-state index contributed by atoms with van der Waals surface area (Å²) >= 11 is 1.89. The topological polar surface area (TPSA) is 66.0 Å². The molecule has 1 aliphatic rings. The van der Waals surface area contributed by atoms with Gasteiger partial charge < -0.3 is 16.0 Å². The first-order valence-electron chi connectivity index (χ1n) is 11.1. The van der Waals surface area contributed by atoms with E-state index in [4.69, 9.17) is 0 Å². The maximum absolute atomic E-state index is 13.0. The lowest BCUT2D eigenvalue weighted by Gasteiger charge is -2.38. The summed E-state index contributed by atoms with van der Waals surface area (Å²) in [5, 5.41) is 9.69. The predicted molar refractivity (Wildman–Crippen MR) is 130 cm³/mol. The molecule has 0 saturated carbocycles. The Morgan fingerprint density at radius 2 is 1.94 bits per heavy atom. The van der Waals surface area contributed by atoms with Crippen LogP contribution in [0.2, 0.25) is 0 Å². The fourth-order valence-corrected chi connectivity index (χ4v) is 5.09. The first kappa shape index (κ1) is 25.6. The van der Waals surface area contributed by atoms with Crippen LogP contribution in [0.1, 0.15) is 56.2 Å². The lowest BCUT2D eigenvalue weighted by molar-refractivity contribution is -0.115. The van der Waals surface area contributed by atoms with Crippen LogP contribution in [0.4, 0.5) is 18.9 Å². The molecule has 1 aromatic heterocycles. The number of nitrogens with one attached hydrogen (secondary N) is 3. The van der Waals surface area contributed by atoms with Gasteiger partial charge in [0.1, 0.15) is 12.2 Å². The maximum Gasteiger partial charge on any atom is 0.405 e. The van der Waals surface area contributed by atoms with Crippen LogP contribution in [0.5, 0.6) is 0 Å². The first-order chi connectivity index (χ1) is 15.2. The predicted octanol–water partition coefficient (Wildman–Crippen LogP) is 5.03. The van der Waals surface area contributed by atoms with E-state index in [1.807, 2.05) is 39.5 Å². The van der Waals surface area contributed by atoms with Crippen LogP contribution in [-0.4, -0.2) is 53.2 Å². The van der Waals surface area contributed by atoms with Gasteiger partial charge in [0.15, 0.2) is 0 Å². The van der Waals surface area contributed by atoms with E-state index in [9.17, 15) is 18.0 Å². The molecule has 0 radical (unpaired) electrons. The Labute approximate surface area is 197 Å². The lowest BCUT2D eigenvalue weighted by Crippen LogP contribution is -2.55. The van der Waals surface area contributed by atoms with Crippen LogP contribution in [0.15, 0.2) is 18.2 Å². The average Bonchev–Trinajstić information content (AvgIpc) is 2.69. The van der Waals surface area contributed by atoms with Crippen LogP contribution < -0.4 is 16.0 Å². The summed E-state index contributed by atoms with van der Waals surface area (Å²) in [4.78, 5) is 17.7. The van der Waals surface area contributed by atoms with E-state index >= 15 is 0 Å². The minimum absolute atomic E-state index is 0.0114. The molecule has 1 saturated heterocycles. The molecular weight excluding hydrogens is 449 g/mol. The number of hydrogen-bond acceptors (Lipinski definition) is 5. The second kappa shape index (κ2) is 9.33. The Hall–Kier alpha value is -2.00. The summed E-state index contributed by atoms with van der Waals surface area (Å²) in [5.74, 6) is 0.783. The number of pyridine rings is 1. The van der Waals surface area contributed by atoms with E-state index in [-0.39, 0.29) is 22.1 Å². The number of anilines is 1. The second-order valence-electron chi connectivity index (χ2n) is 10.1. The molecule has 1 atom stereocenters. The van der Waals surface area contributed by atoms with Gasteiger partial charge in [-0.1, -0.05) is 20.8 Å². The van der Waals surface area contributed by atoms with Crippen molar-refractivity contribution in [3.63, 3.8) is 0 Å². The number of nitrogens with zero attached hydrogens (tertiary/aromatic N) is 1. The fraction of sp³-hybridized carbons (Fsp3) is 0.583. The molecule has 0 bridgehead atoms. The summed E-state index contributed by atoms with van der Waals surface area (Å²) in [6.45, 7) is 12.4. The molecule has 1 aliphatic heterocycles. The van der Waals surface area contributed by atoms with Gasteiger partial charge in [0.05, 0.1) is 5.52 Å². The molecule has 2 heterocycles. The Morgan fingerprint density at radius 1 is 1.24 bits per heavy atom. The summed E-state index contributed by atoms with van der Waals surface area (Å²) < 4.78 is 38.2. The van der Waals surface area contributed by atoms with Crippen LogP contribution >= 0.6 is 11.8 Å². The van der Waals surface area contributed by atoms with Crippen molar-refractivity contribution in [2.24, 2.45) is 0 Å². The Balaban J connectivity index is 1.92. The summed E-state index contributed by atoms with van der Waals surface area (Å²) in [7, 11) is 0. The second-order valence-corrected chi connectivity index (χ2v) is 11.9. The van der Waals surface area contributed by atoms with E-state index in [2.05, 4.69) is 34.8 Å². The molecule has 1 unspecified atom stereocenters. The first-order valence-corrected chi connectivity index (χ1v) is 12.1. The van der Waals surface area contributed by atoms with Gasteiger partial charge in [0, 0.05) is 40.7 Å². The van der Waals surface area contributed by atoms with Gasteiger partial charge in [0.2, 0.25) is 0 Å². The van der Waals surface area contributed by atoms with E-state index in [1.165, 1.54) is 0 Å². The molecule has 2 aromatic rings. The minimum atomic E-state index is -4.31. The van der Waals surface area contributed by atoms with Gasteiger partial charge in [-0.05, 0) is 55.5 Å². The molecule has 1 amide bonds. The number of thioether (sulfide) groups is 1. The monoisotopic (exact) mass is 482 g/mol. The van der Waals surface area contributed by atoms with Crippen molar-refractivity contribution in [3.8, 4) is 0 Å². The van der Waals surface area contributed by atoms with Crippen molar-refractivity contribution >= 4 is 34.3 Å². The highest BCUT2D eigenvalue weighted by Gasteiger charge is 2.33. The molecular formula is C24H33F3N4OS. The van der Waals surface area contributed by atoms with Gasteiger partial charge >= 0.3 is 6.18 Å². The van der Waals surface area contributed by atoms with Gasteiger partial charge in [0.25, 0.3) is 5.91 Å². The molecule has 1 aromatic carbocycles. The number of alkyl halides is 3. The molecule has 1 fully saturated rings. The number of aromatic nitrogens is 1. The average molecular weight is 483 g/mol. The summed E-state index contributed by atoms with van der Waals surface area (Å²) in [6, 6.07) is 5.22. The summed E-state index contributed by atoms with van der Waals surface area (Å²) in [6.07, 6.45) is -4.31. The number of fused-ring (bicyclic) bond motifs is 1. The highest BCUT2D eigenvalue weighted by Crippen LogP contribution is 2.34. The van der Waals surface area contributed by atoms with Crippen molar-refractivity contribution in [1.29, 1.82) is 0 Å². The summed E-state index contributed by atoms with van der Waals surface area (Å²) in [5.41, 5.74) is 2.53. The molecule has 9 heteroatoms. The van der Waals surface area contributed by atoms with Crippen LogP contribution in [0, 0.1) is 6.92 Å². The Morgan fingerprint density at radius 3 is 2.55 bits per heavy atom. The molecule has 0 spiro atoms. The standard InChI is InChI=1S/C24H33F3N4OS/c1-14-9-18(21(32)29-12-19-23(5,6)33-8-7-28-19)31-20-16(14)10-15(30-13-24(25,26)27)11-17(20)22(2,3)4/h9-11,19,28,30H,7-8,12-13H2,1-6H3,(H,29,32). The smallest absolute Gasteiger partial charge is 0.376 e. The van der Waals surface area contributed by atoms with Crippen LogP contribution in [-0.2, 0) is 5.41 Å². The number of aryl methyl sites for hydroxylation is 1. The number of hydrogen-bond donors (Lipinski definition) is 3. The third kappa shape index (κ3) is 6.32. The van der Waals surface area contributed by atoms with Crippen LogP contribution in [0.3, 0.4) is 0 Å². The van der Waals surface area contributed by atoms with Gasteiger partial charge in [-0.3, -0.25) is 4.79 Å². The van der Waals surface area contributed by atoms with Crippen LogP contribution in [0.25, 0.3) is 10.9 Å². The third-order valence-electron chi connectivity index (χ3n) is 5.93. The zero-order chi connectivity index (χ0) is 24.6. The highest BCUT2D eigenvalue weighted by atomic mass is 32.2. The largest absolute Gasteiger partial charge is 0.405 e. The number of carbonyl (C=O) groups is 1. The third-order valence-corrected chi connectivity index (χ3v) is 7.36. The van der Waals surface area contributed by atoms with Gasteiger partial charge in [-0.2, -0.15) is 24.9 Å². The van der Waals surface area contributed by atoms with Crippen molar-refractivity contribution in [2.75, 3.05) is 30.7 Å². The van der Waals surface area contributed by atoms with Crippen molar-refractivity contribution in [1.82, 2.24) is 15.6 Å². The van der Waals surface area contributed by atoms with E-state index in [0.717, 1.165) is 28.8 Å². The Kier molecular flexibility index (Phi) is 7.24. The fourth-order valence-electron chi connectivity index (χ4n) is 3.98. The lowest BCUT2D eigenvalue weighted by atomic mass is 9.84. The molecule has 33 heavy (non-hydrogen) atoms. The highest BCUT2D eigenvalue weighted by molar-refractivity contribution is 8.00. The number of amides is 1. The number of halogens is 3. The zero-order valence-corrected chi connectivity index (χ0v) is 20.9. The normalized spacial score (nSPS) is 18.9. The van der Waals surface area contributed by atoms with E-state index in [0.29, 0.717) is 23.4 Å². The van der Waals surface area contributed by atoms with Gasteiger partial charge in [-0.15, -0.1) is 0 Å². The van der Waals surface area contributed by atoms with E-state index in [1.54, 1.807) is 18.2 Å². The molecule has 3 N–H and O–H groups in total. The molecule has 182 valence electrons. The number of benzene rings is 1. The Bertz CT molecular complexity index is 1030. The van der Waals surface area contributed by atoms with Gasteiger partial charge in [-0.25, -0.2) is 4.98 Å². The van der Waals surface area contributed by atoms with E-state index < -0.39 is 12.7 Å². The molecule has 0 aliphatic carbocycles. The minimum Gasteiger partial charge on any atom is -0.376 e. The number of carbonyl (C=O) groups excluding carboxylic acids is 1. The number of rotatable bonds is 5. The molecule has 3 rings (SSSR count). The molecule has 5 nitrogen and oxygen atoms in total. The SMILES string of the molecule is Cc1cc(C(=O)NCC2NCCSC2(C)C)nc2c(C(C)(C)C)cc(NCC(F)(F)F)cc12. The van der Waals surface area contributed by atoms with Crippen molar-refractivity contribution < 1.29 is 18.0 Å². The maximum atomic E-state index is 13.0. The zero-order valence-electron chi connectivity index (χ0n) is 20.0. The quantitative estimate of drug-likeness (QED) is 0.558. The van der Waals surface area contributed by atoms with Crippen molar-refractivity contribution in [2.45, 2.75) is 63.9 Å². The van der Waals surface area contributed by atoms with Crippen molar-refractivity contribution in [3.05, 3.63) is 35.0 Å².